The zero-order valence-corrected chi connectivity index (χ0v) is 17.9. The fourth-order valence-corrected chi connectivity index (χ4v) is 4.50. The van der Waals surface area contributed by atoms with Crippen LogP contribution in [0.2, 0.25) is 0 Å². The molecule has 0 radical (unpaired) electrons. The summed E-state index contributed by atoms with van der Waals surface area (Å²) in [4.78, 5) is 22.9. The molecule has 0 aliphatic rings. The van der Waals surface area contributed by atoms with Gasteiger partial charge in [-0.05, 0) is 18.6 Å². The summed E-state index contributed by atoms with van der Waals surface area (Å²) in [7, 11) is -3.89. The molecule has 1 aromatic carbocycles. The molecule has 166 valence electrons. The standard InChI is InChI=1S/C18H17F3N4O4S2/c1-3-8-31(27,28)25-15-16(24-12-7-5-4-6-11(12)23-15)29-14(18(19,20)21)13-9-22-17(30-13)10(2)26/h4-7,9,14H,3,8H2,1-2H3,(H,23,25)/t14-/m0/s1. The Morgan fingerprint density at radius 1 is 1.23 bits per heavy atom. The highest BCUT2D eigenvalue weighted by atomic mass is 32.2. The Kier molecular flexibility index (Phi) is 6.46. The zero-order chi connectivity index (χ0) is 22.8. The summed E-state index contributed by atoms with van der Waals surface area (Å²) in [6.45, 7) is 2.82. The molecule has 1 N–H and O–H groups in total. The first-order chi connectivity index (χ1) is 14.5. The summed E-state index contributed by atoms with van der Waals surface area (Å²) < 4.78 is 73.1. The van der Waals surface area contributed by atoms with Crippen LogP contribution in [0.5, 0.6) is 5.88 Å². The minimum Gasteiger partial charge on any atom is -0.456 e. The third-order valence-corrected chi connectivity index (χ3v) is 6.46. The highest BCUT2D eigenvalue weighted by Crippen LogP contribution is 2.40. The van der Waals surface area contributed by atoms with Crippen molar-refractivity contribution in [2.75, 3.05) is 10.5 Å². The molecule has 0 saturated heterocycles. The minimum absolute atomic E-state index is 0.110. The van der Waals surface area contributed by atoms with Crippen LogP contribution in [0, 0.1) is 0 Å². The maximum atomic E-state index is 13.8. The van der Waals surface area contributed by atoms with Gasteiger partial charge in [0.05, 0.1) is 21.7 Å². The van der Waals surface area contributed by atoms with Crippen molar-refractivity contribution < 1.29 is 31.1 Å². The number of carbonyl (C=O) groups excluding carboxylic acids is 1. The molecule has 0 unspecified atom stereocenters. The fraction of sp³-hybridized carbons (Fsp3) is 0.333. The molecule has 0 bridgehead atoms. The molecule has 0 spiro atoms. The van der Waals surface area contributed by atoms with Crippen LogP contribution in [-0.4, -0.2) is 41.1 Å². The van der Waals surface area contributed by atoms with Gasteiger partial charge in [-0.15, -0.1) is 11.3 Å². The van der Waals surface area contributed by atoms with Crippen molar-refractivity contribution in [2.45, 2.75) is 32.5 Å². The van der Waals surface area contributed by atoms with Crippen molar-refractivity contribution in [3.05, 3.63) is 40.3 Å². The molecule has 0 saturated carbocycles. The maximum absolute atomic E-state index is 13.8. The number of para-hydroxylation sites is 2. The van der Waals surface area contributed by atoms with Crippen molar-refractivity contribution in [3.63, 3.8) is 0 Å². The van der Waals surface area contributed by atoms with E-state index in [1.807, 2.05) is 0 Å². The highest BCUT2D eigenvalue weighted by molar-refractivity contribution is 7.92. The number of alkyl halides is 3. The first-order valence-corrected chi connectivity index (χ1v) is 11.4. The number of hydrogen-bond donors (Lipinski definition) is 1. The van der Waals surface area contributed by atoms with Gasteiger partial charge in [0.15, 0.2) is 10.8 Å². The predicted octanol–water partition coefficient (Wildman–Crippen LogP) is 4.12. The molecule has 3 aromatic rings. The Hall–Kier alpha value is -2.80. The second-order valence-corrected chi connectivity index (χ2v) is 9.35. The molecular weight excluding hydrogens is 457 g/mol. The molecule has 8 nitrogen and oxygen atoms in total. The number of fused-ring (bicyclic) bond motifs is 1. The van der Waals surface area contributed by atoms with E-state index in [0.29, 0.717) is 11.3 Å². The first-order valence-electron chi connectivity index (χ1n) is 8.97. The Bertz CT molecular complexity index is 1210. The van der Waals surface area contributed by atoms with Crippen molar-refractivity contribution in [1.29, 1.82) is 0 Å². The number of nitrogens with one attached hydrogen (secondary N) is 1. The van der Waals surface area contributed by atoms with E-state index in [1.54, 1.807) is 19.1 Å². The number of ketones is 1. The second-order valence-electron chi connectivity index (χ2n) is 6.45. The monoisotopic (exact) mass is 474 g/mol. The molecule has 0 fully saturated rings. The number of thiazole rings is 1. The lowest BCUT2D eigenvalue weighted by molar-refractivity contribution is -0.197. The second kappa shape index (κ2) is 8.75. The third-order valence-electron chi connectivity index (χ3n) is 3.87. The van der Waals surface area contributed by atoms with Crippen molar-refractivity contribution >= 4 is 44.0 Å². The number of sulfonamides is 1. The lowest BCUT2D eigenvalue weighted by atomic mass is 10.3. The molecule has 2 aromatic heterocycles. The van der Waals surface area contributed by atoms with Gasteiger partial charge in [-0.1, -0.05) is 19.1 Å². The Balaban J connectivity index is 2.09. The van der Waals surface area contributed by atoms with Gasteiger partial charge in [-0.3, -0.25) is 9.52 Å². The predicted molar refractivity (Wildman–Crippen MR) is 109 cm³/mol. The smallest absolute Gasteiger partial charge is 0.430 e. The Morgan fingerprint density at radius 2 is 1.87 bits per heavy atom. The van der Waals surface area contributed by atoms with Gasteiger partial charge in [0.2, 0.25) is 21.9 Å². The minimum atomic E-state index is -4.90. The molecule has 13 heteroatoms. The average Bonchev–Trinajstić information content (AvgIpc) is 3.14. The van der Waals surface area contributed by atoms with Gasteiger partial charge in [0.25, 0.3) is 5.88 Å². The van der Waals surface area contributed by atoms with E-state index in [4.69, 9.17) is 4.74 Å². The van der Waals surface area contributed by atoms with E-state index < -0.39 is 39.8 Å². The maximum Gasteiger partial charge on any atom is 0.430 e. The van der Waals surface area contributed by atoms with E-state index in [-0.39, 0.29) is 33.1 Å². The largest absolute Gasteiger partial charge is 0.456 e. The van der Waals surface area contributed by atoms with Gasteiger partial charge < -0.3 is 4.74 Å². The number of hydrogen-bond acceptors (Lipinski definition) is 8. The summed E-state index contributed by atoms with van der Waals surface area (Å²) in [5.41, 5.74) is 0.481. The normalized spacial score (nSPS) is 13.2. The summed E-state index contributed by atoms with van der Waals surface area (Å²) in [5.74, 6) is -1.85. The van der Waals surface area contributed by atoms with Crippen LogP contribution >= 0.6 is 11.3 Å². The summed E-state index contributed by atoms with van der Waals surface area (Å²) in [6, 6.07) is 6.27. The number of rotatable bonds is 8. The fourth-order valence-electron chi connectivity index (χ4n) is 2.57. The van der Waals surface area contributed by atoms with Crippen molar-refractivity contribution in [2.24, 2.45) is 0 Å². The zero-order valence-electron chi connectivity index (χ0n) is 16.3. The van der Waals surface area contributed by atoms with Gasteiger partial charge in [0.1, 0.15) is 0 Å². The van der Waals surface area contributed by atoms with Crippen LogP contribution in [0.1, 0.15) is 41.1 Å². The summed E-state index contributed by atoms with van der Waals surface area (Å²) >= 11 is 0.533. The van der Waals surface area contributed by atoms with Crippen LogP contribution < -0.4 is 9.46 Å². The van der Waals surface area contributed by atoms with Crippen molar-refractivity contribution in [1.82, 2.24) is 15.0 Å². The topological polar surface area (TPSA) is 111 Å². The molecule has 3 rings (SSSR count). The van der Waals surface area contributed by atoms with Crippen LogP contribution in [0.15, 0.2) is 30.5 Å². The van der Waals surface area contributed by atoms with Crippen LogP contribution in [0.25, 0.3) is 11.0 Å². The Labute approximate surface area is 179 Å². The molecule has 0 aliphatic heterocycles. The summed E-state index contributed by atoms with van der Waals surface area (Å²) in [5, 5.41) is -0.110. The van der Waals surface area contributed by atoms with E-state index in [2.05, 4.69) is 19.7 Å². The number of nitrogens with zero attached hydrogens (tertiary/aromatic N) is 3. The number of Topliss-reactive ketones (excluding diaryl/α,β-unsaturated/α-hetero) is 1. The molecule has 0 aliphatic carbocycles. The SMILES string of the molecule is CCCS(=O)(=O)Nc1nc2ccccc2nc1O[C@@H](c1cnc(C(C)=O)s1)C(F)(F)F. The summed E-state index contributed by atoms with van der Waals surface area (Å²) in [6.07, 6.45) is -6.24. The van der Waals surface area contributed by atoms with E-state index in [0.717, 1.165) is 6.20 Å². The van der Waals surface area contributed by atoms with Gasteiger partial charge in [-0.2, -0.15) is 13.2 Å². The number of aromatic nitrogens is 3. The molecular formula is C18H17F3N4O4S2. The third kappa shape index (κ3) is 5.47. The highest BCUT2D eigenvalue weighted by Gasteiger charge is 2.45. The average molecular weight is 474 g/mol. The van der Waals surface area contributed by atoms with Gasteiger partial charge in [-0.25, -0.2) is 23.4 Å². The van der Waals surface area contributed by atoms with E-state index >= 15 is 0 Å². The number of carbonyl (C=O) groups is 1. The quantitative estimate of drug-likeness (QED) is 0.489. The lowest BCUT2D eigenvalue weighted by Crippen LogP contribution is -2.27. The number of halogens is 3. The molecule has 1 atom stereocenters. The number of anilines is 1. The van der Waals surface area contributed by atoms with Crippen molar-refractivity contribution in [3.8, 4) is 5.88 Å². The van der Waals surface area contributed by atoms with Crippen LogP contribution in [-0.2, 0) is 10.0 Å². The molecule has 0 amide bonds. The van der Waals surface area contributed by atoms with Gasteiger partial charge >= 0.3 is 6.18 Å². The molecule has 2 heterocycles. The Morgan fingerprint density at radius 3 is 2.42 bits per heavy atom. The molecule has 31 heavy (non-hydrogen) atoms. The van der Waals surface area contributed by atoms with Gasteiger partial charge in [0, 0.05) is 13.1 Å². The van der Waals surface area contributed by atoms with E-state index in [1.165, 1.54) is 19.1 Å². The number of ether oxygens (including phenoxy) is 1. The first kappa shape index (κ1) is 22.9. The van der Waals surface area contributed by atoms with E-state index in [9.17, 15) is 26.4 Å². The van der Waals surface area contributed by atoms with Crippen LogP contribution in [0.3, 0.4) is 0 Å². The number of benzene rings is 1. The lowest BCUT2D eigenvalue weighted by Gasteiger charge is -2.21. The van der Waals surface area contributed by atoms with Crippen LogP contribution in [0.4, 0.5) is 19.0 Å².